The second-order valence-corrected chi connectivity index (χ2v) is 6.26. The quantitative estimate of drug-likeness (QED) is 0.871. The van der Waals surface area contributed by atoms with Gasteiger partial charge in [-0.1, -0.05) is 46.4 Å². The fraction of sp³-hybridized carbons (Fsp3) is 0.556. The lowest BCUT2D eigenvalue weighted by Crippen LogP contribution is -2.35. The van der Waals surface area contributed by atoms with Crippen LogP contribution in [0.5, 0.6) is 0 Å². The Morgan fingerprint density at radius 2 is 1.90 bits per heavy atom. The number of fused-ring (bicyclic) bond motifs is 1. The Morgan fingerprint density at radius 3 is 2.48 bits per heavy atom. The molecule has 0 aliphatic carbocycles. The molecule has 1 heterocycles. The average Bonchev–Trinajstić information content (AvgIpc) is 2.68. The van der Waals surface area contributed by atoms with Gasteiger partial charge in [0, 0.05) is 29.9 Å². The first-order chi connectivity index (χ1) is 9.95. The van der Waals surface area contributed by atoms with Gasteiger partial charge in [-0.15, -0.1) is 0 Å². The summed E-state index contributed by atoms with van der Waals surface area (Å²) >= 11 is 0. The van der Waals surface area contributed by atoms with Crippen LogP contribution < -0.4 is 4.90 Å². The average molecular weight is 288 g/mol. The number of hydrogen-bond donors (Lipinski definition) is 1. The second kappa shape index (κ2) is 6.20. The van der Waals surface area contributed by atoms with Crippen molar-refractivity contribution in [1.82, 2.24) is 4.90 Å². The zero-order valence-electron chi connectivity index (χ0n) is 13.8. The zero-order chi connectivity index (χ0) is 15.6. The maximum Gasteiger partial charge on any atom is 0.0682 e. The highest BCUT2D eigenvalue weighted by molar-refractivity contribution is 5.70. The SMILES string of the molecule is C=C1N(CCN(CC)CC)c2cc(CO)ccc2C1(C)C. The number of anilines is 1. The second-order valence-electron chi connectivity index (χ2n) is 6.26. The van der Waals surface area contributed by atoms with Gasteiger partial charge >= 0.3 is 0 Å². The molecule has 1 N–H and O–H groups in total. The Balaban J connectivity index is 2.29. The van der Waals surface area contributed by atoms with Gasteiger partial charge in [-0.3, -0.25) is 0 Å². The van der Waals surface area contributed by atoms with E-state index in [2.05, 4.69) is 56.2 Å². The summed E-state index contributed by atoms with van der Waals surface area (Å²) in [5, 5.41) is 9.40. The summed E-state index contributed by atoms with van der Waals surface area (Å²) in [6, 6.07) is 6.27. The Morgan fingerprint density at radius 1 is 1.24 bits per heavy atom. The van der Waals surface area contributed by atoms with Crippen LogP contribution in [-0.2, 0) is 12.0 Å². The maximum atomic E-state index is 9.40. The molecule has 0 spiro atoms. The van der Waals surface area contributed by atoms with Crippen LogP contribution in [-0.4, -0.2) is 36.2 Å². The van der Waals surface area contributed by atoms with Gasteiger partial charge in [-0.05, 0) is 30.3 Å². The zero-order valence-corrected chi connectivity index (χ0v) is 13.8. The summed E-state index contributed by atoms with van der Waals surface area (Å²) in [5.74, 6) is 0. The van der Waals surface area contributed by atoms with E-state index in [4.69, 9.17) is 0 Å². The van der Waals surface area contributed by atoms with Crippen molar-refractivity contribution in [3.8, 4) is 0 Å². The highest BCUT2D eigenvalue weighted by Crippen LogP contribution is 2.47. The van der Waals surface area contributed by atoms with Crippen LogP contribution in [0, 0.1) is 0 Å². The third-order valence-electron chi connectivity index (χ3n) is 4.79. The van der Waals surface area contributed by atoms with Gasteiger partial charge in [0.05, 0.1) is 6.61 Å². The van der Waals surface area contributed by atoms with Crippen LogP contribution in [0.15, 0.2) is 30.5 Å². The monoisotopic (exact) mass is 288 g/mol. The van der Waals surface area contributed by atoms with Crippen molar-refractivity contribution in [2.24, 2.45) is 0 Å². The van der Waals surface area contributed by atoms with E-state index in [1.807, 2.05) is 6.07 Å². The molecular weight excluding hydrogens is 260 g/mol. The molecule has 0 fully saturated rings. The fourth-order valence-corrected chi connectivity index (χ4v) is 3.10. The molecule has 1 aliphatic rings. The van der Waals surface area contributed by atoms with Crippen molar-refractivity contribution in [2.45, 2.75) is 39.7 Å². The van der Waals surface area contributed by atoms with E-state index in [0.29, 0.717) is 0 Å². The molecule has 0 saturated carbocycles. The van der Waals surface area contributed by atoms with E-state index < -0.39 is 0 Å². The number of aliphatic hydroxyl groups is 1. The molecule has 0 saturated heterocycles. The standard InChI is InChI=1S/C18H28N2O/c1-6-19(7-2)10-11-20-14(3)18(4,5)16-9-8-15(13-21)12-17(16)20/h8-9,12,21H,3,6-7,10-11,13H2,1-2,4-5H3. The van der Waals surface area contributed by atoms with Crippen LogP contribution in [0.4, 0.5) is 5.69 Å². The molecule has 0 bridgehead atoms. The topological polar surface area (TPSA) is 26.7 Å². The van der Waals surface area contributed by atoms with Crippen molar-refractivity contribution in [1.29, 1.82) is 0 Å². The molecule has 1 aromatic carbocycles. The minimum Gasteiger partial charge on any atom is -0.392 e. The minimum absolute atomic E-state index is 0.0351. The summed E-state index contributed by atoms with van der Waals surface area (Å²) in [4.78, 5) is 4.75. The molecule has 1 aliphatic heterocycles. The van der Waals surface area contributed by atoms with E-state index >= 15 is 0 Å². The molecule has 3 heteroatoms. The van der Waals surface area contributed by atoms with Gasteiger partial charge in [0.15, 0.2) is 0 Å². The number of rotatable bonds is 6. The molecule has 0 radical (unpaired) electrons. The van der Waals surface area contributed by atoms with Crippen LogP contribution in [0.3, 0.4) is 0 Å². The summed E-state index contributed by atoms with van der Waals surface area (Å²) in [5.41, 5.74) is 4.60. The Labute approximate surface area is 128 Å². The van der Waals surface area contributed by atoms with E-state index in [9.17, 15) is 5.11 Å². The molecular formula is C18H28N2O. The van der Waals surface area contributed by atoms with Crippen molar-refractivity contribution in [3.05, 3.63) is 41.6 Å². The summed E-state index contributed by atoms with van der Waals surface area (Å²) in [6.45, 7) is 17.4. The molecule has 0 atom stereocenters. The van der Waals surface area contributed by atoms with Crippen LogP contribution >= 0.6 is 0 Å². The number of allylic oxidation sites excluding steroid dienone is 1. The van der Waals surface area contributed by atoms with E-state index in [-0.39, 0.29) is 12.0 Å². The number of benzene rings is 1. The predicted molar refractivity (Wildman–Crippen MR) is 89.7 cm³/mol. The smallest absolute Gasteiger partial charge is 0.0682 e. The van der Waals surface area contributed by atoms with E-state index in [1.54, 1.807) is 0 Å². The summed E-state index contributed by atoms with van der Waals surface area (Å²) in [7, 11) is 0. The largest absolute Gasteiger partial charge is 0.392 e. The van der Waals surface area contributed by atoms with Gasteiger partial charge in [-0.2, -0.15) is 0 Å². The third kappa shape index (κ3) is 2.85. The first kappa shape index (κ1) is 16.1. The highest BCUT2D eigenvalue weighted by atomic mass is 16.3. The first-order valence-corrected chi connectivity index (χ1v) is 7.89. The van der Waals surface area contributed by atoms with Crippen molar-refractivity contribution in [2.75, 3.05) is 31.1 Å². The van der Waals surface area contributed by atoms with Crippen molar-refractivity contribution >= 4 is 5.69 Å². The van der Waals surface area contributed by atoms with Crippen molar-refractivity contribution < 1.29 is 5.11 Å². The molecule has 0 aromatic heterocycles. The minimum atomic E-state index is -0.0351. The fourth-order valence-electron chi connectivity index (χ4n) is 3.10. The van der Waals surface area contributed by atoms with Crippen LogP contribution in [0.1, 0.15) is 38.8 Å². The molecule has 21 heavy (non-hydrogen) atoms. The maximum absolute atomic E-state index is 9.40. The predicted octanol–water partition coefficient (Wildman–Crippen LogP) is 3.13. The van der Waals surface area contributed by atoms with Crippen LogP contribution in [0.25, 0.3) is 0 Å². The summed E-state index contributed by atoms with van der Waals surface area (Å²) in [6.07, 6.45) is 0. The van der Waals surface area contributed by atoms with Gasteiger partial charge in [0.2, 0.25) is 0 Å². The van der Waals surface area contributed by atoms with Crippen LogP contribution in [0.2, 0.25) is 0 Å². The molecule has 2 rings (SSSR count). The Hall–Kier alpha value is -1.32. The van der Waals surface area contributed by atoms with E-state index in [0.717, 1.165) is 37.4 Å². The Kier molecular flexibility index (Phi) is 4.74. The molecule has 116 valence electrons. The van der Waals surface area contributed by atoms with Crippen molar-refractivity contribution in [3.63, 3.8) is 0 Å². The molecule has 0 amide bonds. The number of aliphatic hydroxyl groups excluding tert-OH is 1. The number of hydrogen-bond acceptors (Lipinski definition) is 3. The van der Waals surface area contributed by atoms with E-state index in [1.165, 1.54) is 11.3 Å². The highest BCUT2D eigenvalue weighted by Gasteiger charge is 2.38. The third-order valence-corrected chi connectivity index (χ3v) is 4.79. The lowest BCUT2D eigenvalue weighted by atomic mass is 9.84. The number of nitrogens with zero attached hydrogens (tertiary/aromatic N) is 2. The molecule has 3 nitrogen and oxygen atoms in total. The first-order valence-electron chi connectivity index (χ1n) is 7.89. The lowest BCUT2D eigenvalue weighted by molar-refractivity contribution is 0.282. The van der Waals surface area contributed by atoms with Gasteiger partial charge in [-0.25, -0.2) is 0 Å². The molecule has 1 aromatic rings. The Bertz CT molecular complexity index is 518. The lowest BCUT2D eigenvalue weighted by Gasteiger charge is -2.28. The van der Waals surface area contributed by atoms with Gasteiger partial charge in [0.25, 0.3) is 0 Å². The molecule has 0 unspecified atom stereocenters. The van der Waals surface area contributed by atoms with Gasteiger partial charge < -0.3 is 14.9 Å². The van der Waals surface area contributed by atoms with Gasteiger partial charge in [0.1, 0.15) is 0 Å². The number of likely N-dealkylation sites (N-methyl/N-ethyl adjacent to an activating group) is 1. The normalized spacial score (nSPS) is 16.7. The summed E-state index contributed by atoms with van der Waals surface area (Å²) < 4.78 is 0.